The third-order valence-electron chi connectivity index (χ3n) is 3.26. The standard InChI is InChI=1S/C18H28ClN3O3/c1-18(2,3)12-16(23)22-13-5-6-15(19)14(11-13)17(24)21-8-7-20-9-10-25-4/h5-6,11,20H,7-10,12H2,1-4H3,(H,21,24)(H,22,23). The van der Waals surface area contributed by atoms with Crippen LogP contribution in [0.15, 0.2) is 18.2 Å². The van der Waals surface area contributed by atoms with Gasteiger partial charge in [-0.3, -0.25) is 9.59 Å². The Hall–Kier alpha value is -1.63. The zero-order valence-electron chi connectivity index (χ0n) is 15.4. The summed E-state index contributed by atoms with van der Waals surface area (Å²) in [5.74, 6) is -0.367. The lowest BCUT2D eigenvalue weighted by Gasteiger charge is -2.17. The van der Waals surface area contributed by atoms with Crippen molar-refractivity contribution in [2.45, 2.75) is 27.2 Å². The minimum Gasteiger partial charge on any atom is -0.383 e. The van der Waals surface area contributed by atoms with Crippen molar-refractivity contribution in [2.24, 2.45) is 5.41 Å². The minimum absolute atomic E-state index is 0.0940. The van der Waals surface area contributed by atoms with Gasteiger partial charge in [-0.05, 0) is 23.6 Å². The lowest BCUT2D eigenvalue weighted by molar-refractivity contribution is -0.117. The van der Waals surface area contributed by atoms with Crippen LogP contribution in [0.5, 0.6) is 0 Å². The highest BCUT2D eigenvalue weighted by molar-refractivity contribution is 6.34. The third kappa shape index (κ3) is 8.86. The van der Waals surface area contributed by atoms with Crippen LogP contribution in [0.25, 0.3) is 0 Å². The number of anilines is 1. The average Bonchev–Trinajstić information content (AvgIpc) is 2.50. The Balaban J connectivity index is 2.58. The first-order valence-electron chi connectivity index (χ1n) is 8.30. The van der Waals surface area contributed by atoms with E-state index in [-0.39, 0.29) is 17.2 Å². The van der Waals surface area contributed by atoms with E-state index in [4.69, 9.17) is 16.3 Å². The second kappa shape index (κ2) is 10.4. The SMILES string of the molecule is COCCNCCNC(=O)c1cc(NC(=O)CC(C)(C)C)ccc1Cl. The van der Waals surface area contributed by atoms with Crippen LogP contribution in [0.1, 0.15) is 37.6 Å². The highest BCUT2D eigenvalue weighted by Crippen LogP contribution is 2.23. The Bertz CT molecular complexity index is 585. The fourth-order valence-electron chi connectivity index (χ4n) is 2.12. The predicted octanol–water partition coefficient (Wildman–Crippen LogP) is 2.68. The molecule has 0 aliphatic carbocycles. The van der Waals surface area contributed by atoms with Crippen LogP contribution in [0, 0.1) is 5.41 Å². The number of carbonyl (C=O) groups excluding carboxylic acids is 2. The predicted molar refractivity (Wildman–Crippen MR) is 101 cm³/mol. The van der Waals surface area contributed by atoms with E-state index >= 15 is 0 Å². The number of rotatable bonds is 9. The van der Waals surface area contributed by atoms with Gasteiger partial charge < -0.3 is 20.7 Å². The van der Waals surface area contributed by atoms with Crippen LogP contribution in [0.3, 0.4) is 0 Å². The topological polar surface area (TPSA) is 79.5 Å². The van der Waals surface area contributed by atoms with Crippen LogP contribution in [0.4, 0.5) is 5.69 Å². The molecule has 0 bridgehead atoms. The molecule has 1 rings (SSSR count). The van der Waals surface area contributed by atoms with Crippen LogP contribution >= 0.6 is 11.6 Å². The molecule has 0 aliphatic heterocycles. The van der Waals surface area contributed by atoms with Gasteiger partial charge in [0.25, 0.3) is 5.91 Å². The molecule has 7 heteroatoms. The van der Waals surface area contributed by atoms with Crippen LogP contribution < -0.4 is 16.0 Å². The van der Waals surface area contributed by atoms with Crippen LogP contribution in [-0.4, -0.2) is 45.2 Å². The molecule has 0 fully saturated rings. The van der Waals surface area contributed by atoms with Gasteiger partial charge in [-0.15, -0.1) is 0 Å². The summed E-state index contributed by atoms with van der Waals surface area (Å²) in [6.07, 6.45) is 0.393. The molecule has 0 saturated heterocycles. The molecule has 0 spiro atoms. The largest absolute Gasteiger partial charge is 0.383 e. The number of ether oxygens (including phenoxy) is 1. The zero-order chi connectivity index (χ0) is 18.9. The maximum atomic E-state index is 12.3. The van der Waals surface area contributed by atoms with Crippen molar-refractivity contribution in [2.75, 3.05) is 38.7 Å². The number of methoxy groups -OCH3 is 1. The van der Waals surface area contributed by atoms with Crippen molar-refractivity contribution in [1.82, 2.24) is 10.6 Å². The molecule has 0 aromatic heterocycles. The van der Waals surface area contributed by atoms with Crippen molar-refractivity contribution >= 4 is 29.1 Å². The quantitative estimate of drug-likeness (QED) is 0.585. The maximum Gasteiger partial charge on any atom is 0.252 e. The van der Waals surface area contributed by atoms with Gasteiger partial charge in [0.15, 0.2) is 0 Å². The highest BCUT2D eigenvalue weighted by Gasteiger charge is 2.17. The molecule has 3 N–H and O–H groups in total. The van der Waals surface area contributed by atoms with E-state index in [1.54, 1.807) is 25.3 Å². The molecular formula is C18H28ClN3O3. The first kappa shape index (κ1) is 21.4. The first-order chi connectivity index (χ1) is 11.7. The molecule has 2 amide bonds. The molecule has 1 aromatic carbocycles. The summed E-state index contributed by atoms with van der Waals surface area (Å²) < 4.78 is 4.93. The van der Waals surface area contributed by atoms with Crippen molar-refractivity contribution in [3.8, 4) is 0 Å². The van der Waals surface area contributed by atoms with Crippen LogP contribution in [0.2, 0.25) is 5.02 Å². The van der Waals surface area contributed by atoms with E-state index in [0.717, 1.165) is 6.54 Å². The second-order valence-electron chi connectivity index (χ2n) is 6.98. The Kier molecular flexibility index (Phi) is 8.89. The number of benzene rings is 1. The highest BCUT2D eigenvalue weighted by atomic mass is 35.5. The van der Waals surface area contributed by atoms with Crippen molar-refractivity contribution in [3.05, 3.63) is 28.8 Å². The van der Waals surface area contributed by atoms with E-state index in [0.29, 0.717) is 42.4 Å². The Morgan fingerprint density at radius 3 is 2.52 bits per heavy atom. The monoisotopic (exact) mass is 369 g/mol. The second-order valence-corrected chi connectivity index (χ2v) is 7.39. The third-order valence-corrected chi connectivity index (χ3v) is 3.59. The molecule has 1 aromatic rings. The molecule has 0 aliphatic rings. The molecular weight excluding hydrogens is 342 g/mol. The van der Waals surface area contributed by atoms with Crippen LogP contribution in [-0.2, 0) is 9.53 Å². The Morgan fingerprint density at radius 1 is 1.16 bits per heavy atom. The normalized spacial score (nSPS) is 11.2. The van der Waals surface area contributed by atoms with E-state index < -0.39 is 0 Å². The van der Waals surface area contributed by atoms with E-state index in [9.17, 15) is 9.59 Å². The van der Waals surface area contributed by atoms with Gasteiger partial charge in [-0.2, -0.15) is 0 Å². The van der Waals surface area contributed by atoms with E-state index in [2.05, 4.69) is 16.0 Å². The molecule has 0 heterocycles. The lowest BCUT2D eigenvalue weighted by atomic mass is 9.92. The summed E-state index contributed by atoms with van der Waals surface area (Å²) in [5, 5.41) is 9.09. The number of amides is 2. The van der Waals surface area contributed by atoms with E-state index in [1.807, 2.05) is 20.8 Å². The van der Waals surface area contributed by atoms with Gasteiger partial charge in [-0.1, -0.05) is 32.4 Å². The molecule has 0 radical (unpaired) electrons. The number of nitrogens with one attached hydrogen (secondary N) is 3. The Morgan fingerprint density at radius 2 is 1.88 bits per heavy atom. The van der Waals surface area contributed by atoms with Gasteiger partial charge in [-0.25, -0.2) is 0 Å². The molecule has 0 saturated carbocycles. The lowest BCUT2D eigenvalue weighted by Crippen LogP contribution is -2.33. The summed E-state index contributed by atoms with van der Waals surface area (Å²) in [5.41, 5.74) is 0.793. The van der Waals surface area contributed by atoms with Crippen molar-refractivity contribution in [3.63, 3.8) is 0 Å². The average molecular weight is 370 g/mol. The maximum absolute atomic E-state index is 12.3. The summed E-state index contributed by atoms with van der Waals surface area (Å²) in [6.45, 7) is 8.43. The number of halogens is 1. The molecule has 140 valence electrons. The van der Waals surface area contributed by atoms with Gasteiger partial charge in [0, 0.05) is 38.9 Å². The molecule has 25 heavy (non-hydrogen) atoms. The minimum atomic E-state index is -0.273. The first-order valence-corrected chi connectivity index (χ1v) is 8.68. The number of hydrogen-bond acceptors (Lipinski definition) is 4. The van der Waals surface area contributed by atoms with Gasteiger partial charge in [0.05, 0.1) is 17.2 Å². The Labute approximate surface area is 154 Å². The van der Waals surface area contributed by atoms with Crippen molar-refractivity contribution in [1.29, 1.82) is 0 Å². The summed E-state index contributed by atoms with van der Waals surface area (Å²) >= 11 is 6.11. The summed E-state index contributed by atoms with van der Waals surface area (Å²) in [4.78, 5) is 24.3. The van der Waals surface area contributed by atoms with Gasteiger partial charge in [0.2, 0.25) is 5.91 Å². The molecule has 0 atom stereocenters. The van der Waals surface area contributed by atoms with E-state index in [1.165, 1.54) is 0 Å². The molecule has 6 nitrogen and oxygen atoms in total. The number of hydrogen-bond donors (Lipinski definition) is 3. The molecule has 0 unspecified atom stereocenters. The van der Waals surface area contributed by atoms with Crippen molar-refractivity contribution < 1.29 is 14.3 Å². The van der Waals surface area contributed by atoms with Gasteiger partial charge in [0.1, 0.15) is 0 Å². The zero-order valence-corrected chi connectivity index (χ0v) is 16.1. The van der Waals surface area contributed by atoms with Gasteiger partial charge >= 0.3 is 0 Å². The summed E-state index contributed by atoms with van der Waals surface area (Å²) in [7, 11) is 1.64. The fourth-order valence-corrected chi connectivity index (χ4v) is 2.33. The fraction of sp³-hybridized carbons (Fsp3) is 0.556. The number of carbonyl (C=O) groups is 2. The summed E-state index contributed by atoms with van der Waals surface area (Å²) in [6, 6.07) is 4.89. The smallest absolute Gasteiger partial charge is 0.252 e.